The molecule has 3 aliphatic carbocycles. The highest BCUT2D eigenvalue weighted by Gasteiger charge is 2.65. The molecule has 0 unspecified atom stereocenters. The van der Waals surface area contributed by atoms with Gasteiger partial charge in [0.2, 0.25) is 0 Å². The summed E-state index contributed by atoms with van der Waals surface area (Å²) in [6.45, 7) is 6.23. The molecule has 176 valence electrons. The molecule has 2 aliphatic heterocycles. The van der Waals surface area contributed by atoms with Crippen LogP contribution in [0, 0.1) is 30.1 Å². The van der Waals surface area contributed by atoms with Gasteiger partial charge in [0, 0.05) is 35.1 Å². The van der Waals surface area contributed by atoms with Crippen molar-refractivity contribution in [2.45, 2.75) is 83.0 Å². The van der Waals surface area contributed by atoms with Crippen molar-refractivity contribution >= 4 is 16.9 Å². The Balaban J connectivity index is 1.11. The van der Waals surface area contributed by atoms with Crippen LogP contribution in [0.3, 0.4) is 0 Å². The van der Waals surface area contributed by atoms with Gasteiger partial charge in [0.05, 0.1) is 18.1 Å². The van der Waals surface area contributed by atoms with Crippen molar-refractivity contribution < 1.29 is 14.3 Å². The minimum Gasteiger partial charge on any atom is -0.462 e. The predicted octanol–water partition coefficient (Wildman–Crippen LogP) is 4.97. The molecule has 5 aliphatic rings. The quantitative estimate of drug-likeness (QED) is 0.514. The standard InChI is InChI=1S/C28H36N2O3/c1-16-7-8-21-18(11-16)17-5-3-6-22(25(17)30-21)29-14-20-19-12-24-27(2,13-23(19)33-26(20)31)9-4-10-28(24)15-32-28/h7-8,11,19-20,22-24,29-30H,3-6,9-10,12-15H2,1-2H3/t19-,20-,22+,23-,24-,27-,28+/m1/s1. The first-order chi connectivity index (χ1) is 16.0. The van der Waals surface area contributed by atoms with E-state index in [4.69, 9.17) is 9.47 Å². The lowest BCUT2D eigenvalue weighted by Gasteiger charge is -2.51. The van der Waals surface area contributed by atoms with Crippen molar-refractivity contribution in [3.8, 4) is 0 Å². The molecule has 2 saturated carbocycles. The number of nitrogens with one attached hydrogen (secondary N) is 2. The number of carbonyl (C=O) groups is 1. The van der Waals surface area contributed by atoms with Crippen LogP contribution >= 0.6 is 0 Å². The van der Waals surface area contributed by atoms with Crippen LogP contribution in [0.15, 0.2) is 18.2 Å². The summed E-state index contributed by atoms with van der Waals surface area (Å²) in [6.07, 6.45) is 9.33. The number of hydrogen-bond donors (Lipinski definition) is 2. The van der Waals surface area contributed by atoms with E-state index in [1.807, 2.05) is 0 Å². The van der Waals surface area contributed by atoms with E-state index in [1.54, 1.807) is 0 Å². The Morgan fingerprint density at radius 3 is 2.97 bits per heavy atom. The first kappa shape index (κ1) is 20.5. The van der Waals surface area contributed by atoms with Gasteiger partial charge in [-0.15, -0.1) is 0 Å². The summed E-state index contributed by atoms with van der Waals surface area (Å²) in [5.74, 6) is 0.897. The van der Waals surface area contributed by atoms with Crippen molar-refractivity contribution in [3.05, 3.63) is 35.0 Å². The van der Waals surface area contributed by atoms with Gasteiger partial charge in [0.15, 0.2) is 0 Å². The zero-order valence-corrected chi connectivity index (χ0v) is 19.9. The molecule has 0 bridgehead atoms. The molecule has 3 heterocycles. The van der Waals surface area contributed by atoms with Crippen LogP contribution in [-0.4, -0.2) is 35.8 Å². The van der Waals surface area contributed by atoms with Gasteiger partial charge < -0.3 is 19.8 Å². The summed E-state index contributed by atoms with van der Waals surface area (Å²) < 4.78 is 12.1. The van der Waals surface area contributed by atoms with Crippen molar-refractivity contribution in [2.75, 3.05) is 13.2 Å². The van der Waals surface area contributed by atoms with Crippen LogP contribution in [0.5, 0.6) is 0 Å². The van der Waals surface area contributed by atoms with Gasteiger partial charge in [0.25, 0.3) is 0 Å². The highest BCUT2D eigenvalue weighted by Crippen LogP contribution is 2.62. The third kappa shape index (κ3) is 3.07. The molecule has 1 aromatic carbocycles. The first-order valence-corrected chi connectivity index (χ1v) is 13.1. The van der Waals surface area contributed by atoms with E-state index in [0.717, 1.165) is 38.8 Å². The zero-order valence-electron chi connectivity index (χ0n) is 19.9. The molecule has 2 aromatic rings. The maximum absolute atomic E-state index is 13.0. The molecule has 2 saturated heterocycles. The third-order valence-electron chi connectivity index (χ3n) is 10.0. The molecule has 33 heavy (non-hydrogen) atoms. The average Bonchev–Trinajstić information content (AvgIpc) is 3.35. The Labute approximate surface area is 196 Å². The van der Waals surface area contributed by atoms with Crippen LogP contribution in [0.2, 0.25) is 0 Å². The third-order valence-corrected chi connectivity index (χ3v) is 10.0. The Hall–Kier alpha value is -1.85. The largest absolute Gasteiger partial charge is 0.462 e. The number of benzene rings is 1. The Morgan fingerprint density at radius 2 is 2.12 bits per heavy atom. The van der Waals surface area contributed by atoms with Gasteiger partial charge in [-0.1, -0.05) is 18.6 Å². The van der Waals surface area contributed by atoms with Crippen LogP contribution in [-0.2, 0) is 20.7 Å². The maximum Gasteiger partial charge on any atom is 0.310 e. The van der Waals surface area contributed by atoms with Gasteiger partial charge in [-0.3, -0.25) is 4.79 Å². The number of esters is 1. The van der Waals surface area contributed by atoms with E-state index >= 15 is 0 Å². The summed E-state index contributed by atoms with van der Waals surface area (Å²) in [4.78, 5) is 16.7. The van der Waals surface area contributed by atoms with Crippen molar-refractivity contribution in [1.29, 1.82) is 0 Å². The lowest BCUT2D eigenvalue weighted by atomic mass is 9.53. The number of hydrogen-bond acceptors (Lipinski definition) is 4. The first-order valence-electron chi connectivity index (χ1n) is 13.1. The molecule has 5 nitrogen and oxygen atoms in total. The molecule has 1 aromatic heterocycles. The molecule has 1 spiro atoms. The molecule has 7 rings (SSSR count). The fourth-order valence-corrected chi connectivity index (χ4v) is 8.24. The van der Waals surface area contributed by atoms with Gasteiger partial charge in [0.1, 0.15) is 6.10 Å². The fourth-order valence-electron chi connectivity index (χ4n) is 8.24. The number of epoxide rings is 1. The molecular weight excluding hydrogens is 412 g/mol. The molecule has 0 radical (unpaired) electrons. The minimum atomic E-state index is -0.0331. The predicted molar refractivity (Wildman–Crippen MR) is 127 cm³/mol. The van der Waals surface area contributed by atoms with Crippen LogP contribution in [0.4, 0.5) is 0 Å². The van der Waals surface area contributed by atoms with Gasteiger partial charge in [-0.2, -0.15) is 0 Å². The van der Waals surface area contributed by atoms with Gasteiger partial charge in [-0.05, 0) is 87.3 Å². The van der Waals surface area contributed by atoms with Crippen molar-refractivity contribution in [1.82, 2.24) is 10.3 Å². The van der Waals surface area contributed by atoms with E-state index < -0.39 is 0 Å². The normalized spacial score (nSPS) is 41.5. The molecule has 5 heteroatoms. The maximum atomic E-state index is 13.0. The SMILES string of the molecule is Cc1ccc2[nH]c3c(c2c1)CCC[C@@H]3NC[C@H]1C(=O)O[C@@H]2C[C@@]3(C)CCC[C@]4(CO4)[C@@H]3C[C@@H]21. The summed E-state index contributed by atoms with van der Waals surface area (Å²) in [7, 11) is 0. The zero-order chi connectivity index (χ0) is 22.4. The monoisotopic (exact) mass is 448 g/mol. The molecule has 0 amide bonds. The number of carbonyl (C=O) groups excluding carboxylic acids is 1. The number of ether oxygens (including phenoxy) is 2. The second kappa shape index (κ2) is 7.08. The molecule has 7 atom stereocenters. The number of aromatic amines is 1. The lowest BCUT2D eigenvalue weighted by molar-refractivity contribution is -0.147. The summed E-state index contributed by atoms with van der Waals surface area (Å²) >= 11 is 0. The second-order valence-corrected chi connectivity index (χ2v) is 12.0. The lowest BCUT2D eigenvalue weighted by Crippen LogP contribution is -2.51. The summed E-state index contributed by atoms with van der Waals surface area (Å²) in [5.41, 5.74) is 5.72. The fraction of sp³-hybridized carbons (Fsp3) is 0.679. The van der Waals surface area contributed by atoms with Crippen molar-refractivity contribution in [3.63, 3.8) is 0 Å². The number of fused-ring (bicyclic) bond motifs is 6. The molecular formula is C28H36N2O3. The van der Waals surface area contributed by atoms with E-state index in [1.165, 1.54) is 53.4 Å². The highest BCUT2D eigenvalue weighted by molar-refractivity contribution is 5.85. The van der Waals surface area contributed by atoms with E-state index in [0.29, 0.717) is 11.8 Å². The smallest absolute Gasteiger partial charge is 0.310 e. The summed E-state index contributed by atoms with van der Waals surface area (Å²) in [6, 6.07) is 6.98. The van der Waals surface area contributed by atoms with E-state index in [2.05, 4.69) is 42.3 Å². The van der Waals surface area contributed by atoms with Gasteiger partial charge in [-0.25, -0.2) is 0 Å². The van der Waals surface area contributed by atoms with E-state index in [-0.39, 0.29) is 35.0 Å². The second-order valence-electron chi connectivity index (χ2n) is 12.0. The topological polar surface area (TPSA) is 66.7 Å². The van der Waals surface area contributed by atoms with Gasteiger partial charge >= 0.3 is 5.97 Å². The summed E-state index contributed by atoms with van der Waals surface area (Å²) in [5, 5.41) is 5.18. The van der Waals surface area contributed by atoms with Crippen LogP contribution in [0.1, 0.15) is 74.7 Å². The Bertz CT molecular complexity index is 1120. The average molecular weight is 449 g/mol. The number of aryl methyl sites for hydroxylation is 2. The Morgan fingerprint density at radius 1 is 1.24 bits per heavy atom. The molecule has 4 fully saturated rings. The van der Waals surface area contributed by atoms with E-state index in [9.17, 15) is 4.79 Å². The number of aromatic nitrogens is 1. The number of H-pyrrole nitrogens is 1. The van der Waals surface area contributed by atoms with Crippen molar-refractivity contribution in [2.24, 2.45) is 23.2 Å². The molecule has 2 N–H and O–H groups in total. The highest BCUT2D eigenvalue weighted by atomic mass is 16.6. The van der Waals surface area contributed by atoms with Crippen LogP contribution in [0.25, 0.3) is 10.9 Å². The van der Waals surface area contributed by atoms with Crippen LogP contribution < -0.4 is 5.32 Å². The minimum absolute atomic E-state index is 0.0221. The Kier molecular flexibility index (Phi) is 4.40. The number of rotatable bonds is 3.